The number of halogens is 1. The molecule has 1 aliphatic rings. The molecule has 2 atom stereocenters. The van der Waals surface area contributed by atoms with E-state index in [9.17, 15) is 4.39 Å². The summed E-state index contributed by atoms with van der Waals surface area (Å²) in [6, 6.07) is 14.2. The molecular formula is C19H17FN4S. The predicted octanol–water partition coefficient (Wildman–Crippen LogP) is 3.74. The minimum atomic E-state index is -0.297. The Morgan fingerprint density at radius 2 is 1.92 bits per heavy atom. The number of aryl methyl sites for hydroxylation is 1. The van der Waals surface area contributed by atoms with Gasteiger partial charge >= 0.3 is 0 Å². The van der Waals surface area contributed by atoms with E-state index in [2.05, 4.69) is 10.3 Å². The van der Waals surface area contributed by atoms with Crippen LogP contribution in [0.25, 0.3) is 0 Å². The Hall–Kier alpha value is -2.73. The summed E-state index contributed by atoms with van der Waals surface area (Å²) in [5, 5.41) is 3.82. The Morgan fingerprint density at radius 3 is 2.60 bits per heavy atom. The molecule has 0 spiro atoms. The van der Waals surface area contributed by atoms with Crippen molar-refractivity contribution in [1.82, 2.24) is 14.9 Å². The number of aromatic nitrogens is 2. The number of para-hydroxylation sites is 1. The maximum Gasteiger partial charge on any atom is 0.174 e. The number of anilines is 1. The van der Waals surface area contributed by atoms with Crippen molar-refractivity contribution in [2.24, 2.45) is 7.05 Å². The third-order valence-electron chi connectivity index (χ3n) is 4.41. The van der Waals surface area contributed by atoms with Gasteiger partial charge in [0.15, 0.2) is 5.11 Å². The van der Waals surface area contributed by atoms with Crippen LogP contribution in [-0.4, -0.2) is 14.7 Å². The number of rotatable bonds is 3. The van der Waals surface area contributed by atoms with Crippen molar-refractivity contribution in [3.63, 3.8) is 0 Å². The molecule has 1 fully saturated rings. The lowest BCUT2D eigenvalue weighted by Gasteiger charge is -2.27. The smallest absolute Gasteiger partial charge is 0.174 e. The summed E-state index contributed by atoms with van der Waals surface area (Å²) in [5.74, 6) is -0.297. The molecule has 0 aliphatic carbocycles. The molecule has 1 aromatic carbocycles. The van der Waals surface area contributed by atoms with Crippen LogP contribution < -0.4 is 10.2 Å². The monoisotopic (exact) mass is 352 g/mol. The molecule has 1 saturated heterocycles. The van der Waals surface area contributed by atoms with Crippen LogP contribution in [0.3, 0.4) is 0 Å². The first-order valence-electron chi connectivity index (χ1n) is 8.02. The number of thiocarbonyl (C=S) groups is 1. The van der Waals surface area contributed by atoms with Crippen molar-refractivity contribution in [2.45, 2.75) is 12.1 Å². The first-order valence-corrected chi connectivity index (χ1v) is 8.43. The molecule has 0 saturated carbocycles. The number of hydrogen-bond donors (Lipinski definition) is 1. The van der Waals surface area contributed by atoms with Crippen LogP contribution in [0.1, 0.15) is 23.3 Å². The second-order valence-corrected chi connectivity index (χ2v) is 6.45. The second kappa shape index (κ2) is 6.29. The van der Waals surface area contributed by atoms with E-state index >= 15 is 0 Å². The molecule has 1 N–H and O–H groups in total. The van der Waals surface area contributed by atoms with Gasteiger partial charge in [-0.2, -0.15) is 0 Å². The molecular weight excluding hydrogens is 335 g/mol. The highest BCUT2D eigenvalue weighted by Gasteiger charge is 2.41. The summed E-state index contributed by atoms with van der Waals surface area (Å²) >= 11 is 5.56. The summed E-state index contributed by atoms with van der Waals surface area (Å²) in [4.78, 5) is 6.33. The average Bonchev–Trinajstić information content (AvgIpc) is 3.19. The van der Waals surface area contributed by atoms with Crippen LogP contribution >= 0.6 is 12.2 Å². The fraction of sp³-hybridized carbons (Fsp3) is 0.158. The van der Waals surface area contributed by atoms with Gasteiger partial charge < -0.3 is 14.8 Å². The predicted molar refractivity (Wildman–Crippen MR) is 99.7 cm³/mol. The number of nitrogens with zero attached hydrogens (tertiary/aromatic N) is 3. The largest absolute Gasteiger partial charge is 0.357 e. The molecule has 3 aromatic rings. The standard InChI is InChI=1S/C19H17FN4S/c1-23-11-9-13(12-23)18-17(15-7-4-5-10-21-15)22-19(25)24(18)16-8-3-2-6-14(16)20/h2-12,17-18H,1H3,(H,22,25)/t17-,18-/m0/s1. The number of hydrogen-bond acceptors (Lipinski definition) is 2. The highest BCUT2D eigenvalue weighted by Crippen LogP contribution is 2.42. The van der Waals surface area contributed by atoms with Gasteiger partial charge in [-0.15, -0.1) is 0 Å². The fourth-order valence-electron chi connectivity index (χ4n) is 3.30. The van der Waals surface area contributed by atoms with Crippen LogP contribution in [0, 0.1) is 5.82 Å². The summed E-state index contributed by atoms with van der Waals surface area (Å²) in [5.41, 5.74) is 2.39. The highest BCUT2D eigenvalue weighted by atomic mass is 32.1. The Labute approximate surface area is 150 Å². The summed E-state index contributed by atoms with van der Waals surface area (Å²) in [6.07, 6.45) is 5.77. The van der Waals surface area contributed by atoms with Gasteiger partial charge in [-0.3, -0.25) is 4.98 Å². The van der Waals surface area contributed by atoms with E-state index in [1.54, 1.807) is 18.3 Å². The Balaban J connectivity index is 1.85. The van der Waals surface area contributed by atoms with Crippen LogP contribution in [0.15, 0.2) is 67.1 Å². The lowest BCUT2D eigenvalue weighted by atomic mass is 9.98. The summed E-state index contributed by atoms with van der Waals surface area (Å²) in [7, 11) is 1.97. The zero-order chi connectivity index (χ0) is 17.4. The minimum absolute atomic E-state index is 0.157. The van der Waals surface area contributed by atoms with Crippen LogP contribution in [0.5, 0.6) is 0 Å². The topological polar surface area (TPSA) is 33.1 Å². The number of pyridine rings is 1. The molecule has 4 rings (SSSR count). The molecule has 25 heavy (non-hydrogen) atoms. The van der Waals surface area contributed by atoms with Crippen molar-refractivity contribution in [2.75, 3.05) is 4.90 Å². The Morgan fingerprint density at radius 1 is 1.12 bits per heavy atom. The van der Waals surface area contributed by atoms with E-state index in [1.807, 2.05) is 59.2 Å². The second-order valence-electron chi connectivity index (χ2n) is 6.06. The van der Waals surface area contributed by atoms with Crippen molar-refractivity contribution < 1.29 is 4.39 Å². The molecule has 0 bridgehead atoms. The number of nitrogens with one attached hydrogen (secondary N) is 1. The SMILES string of the molecule is Cn1ccc([C@H]2[C@H](c3ccccn3)NC(=S)N2c2ccccc2F)c1. The molecule has 3 heterocycles. The van der Waals surface area contributed by atoms with E-state index < -0.39 is 0 Å². The van der Waals surface area contributed by atoms with Gasteiger partial charge in [-0.25, -0.2) is 4.39 Å². The Kier molecular flexibility index (Phi) is 3.97. The molecule has 6 heteroatoms. The third-order valence-corrected chi connectivity index (χ3v) is 4.72. The molecule has 1 aliphatic heterocycles. The van der Waals surface area contributed by atoms with Gasteiger partial charge in [-0.05, 0) is 48.1 Å². The summed E-state index contributed by atoms with van der Waals surface area (Å²) in [6.45, 7) is 0. The first-order chi connectivity index (χ1) is 12.1. The van der Waals surface area contributed by atoms with Gasteiger partial charge in [0.25, 0.3) is 0 Å². The van der Waals surface area contributed by atoms with Crippen molar-refractivity contribution >= 4 is 23.0 Å². The lowest BCUT2D eigenvalue weighted by molar-refractivity contribution is 0.558. The summed E-state index contributed by atoms with van der Waals surface area (Å²) < 4.78 is 16.5. The third kappa shape index (κ3) is 2.78. The van der Waals surface area contributed by atoms with Crippen LogP contribution in [0.4, 0.5) is 10.1 Å². The quantitative estimate of drug-likeness (QED) is 0.728. The van der Waals surface area contributed by atoms with E-state index in [0.29, 0.717) is 10.8 Å². The molecule has 2 aromatic heterocycles. The van der Waals surface area contributed by atoms with E-state index in [0.717, 1.165) is 11.3 Å². The van der Waals surface area contributed by atoms with Gasteiger partial charge in [0.2, 0.25) is 0 Å². The normalized spacial score (nSPS) is 19.9. The maximum absolute atomic E-state index is 14.5. The van der Waals surface area contributed by atoms with E-state index in [-0.39, 0.29) is 17.9 Å². The van der Waals surface area contributed by atoms with Gasteiger partial charge in [0.05, 0.1) is 23.5 Å². The zero-order valence-electron chi connectivity index (χ0n) is 13.6. The minimum Gasteiger partial charge on any atom is -0.357 e. The first kappa shape index (κ1) is 15.8. The highest BCUT2D eigenvalue weighted by molar-refractivity contribution is 7.80. The molecule has 0 unspecified atom stereocenters. The average molecular weight is 352 g/mol. The number of benzene rings is 1. The van der Waals surface area contributed by atoms with Crippen molar-refractivity contribution in [3.05, 3.63) is 84.2 Å². The van der Waals surface area contributed by atoms with E-state index in [1.165, 1.54) is 6.07 Å². The molecule has 4 nitrogen and oxygen atoms in total. The molecule has 0 amide bonds. The molecule has 126 valence electrons. The maximum atomic E-state index is 14.5. The fourth-order valence-corrected chi connectivity index (χ4v) is 3.64. The zero-order valence-corrected chi connectivity index (χ0v) is 14.4. The van der Waals surface area contributed by atoms with Gasteiger partial charge in [0.1, 0.15) is 5.82 Å². The van der Waals surface area contributed by atoms with Crippen molar-refractivity contribution in [3.8, 4) is 0 Å². The van der Waals surface area contributed by atoms with Crippen molar-refractivity contribution in [1.29, 1.82) is 0 Å². The van der Waals surface area contributed by atoms with Gasteiger partial charge in [0, 0.05) is 25.6 Å². The van der Waals surface area contributed by atoms with E-state index in [4.69, 9.17) is 12.2 Å². The van der Waals surface area contributed by atoms with Crippen LogP contribution in [-0.2, 0) is 7.05 Å². The van der Waals surface area contributed by atoms with Gasteiger partial charge in [-0.1, -0.05) is 18.2 Å². The molecule has 0 radical (unpaired) electrons. The van der Waals surface area contributed by atoms with Crippen LogP contribution in [0.2, 0.25) is 0 Å². The lowest BCUT2D eigenvalue weighted by Crippen LogP contribution is -2.30. The Bertz CT molecular complexity index is 909.